The first-order valence-corrected chi connectivity index (χ1v) is 10.3. The van der Waals surface area contributed by atoms with Gasteiger partial charge in [-0.25, -0.2) is 13.1 Å². The van der Waals surface area contributed by atoms with E-state index in [1.165, 1.54) is 25.7 Å². The van der Waals surface area contributed by atoms with Crippen LogP contribution in [0.4, 0.5) is 0 Å². The highest BCUT2D eigenvalue weighted by Gasteiger charge is 2.20. The van der Waals surface area contributed by atoms with E-state index < -0.39 is 10.0 Å². The number of halogens is 1. The molecule has 0 bridgehead atoms. The van der Waals surface area contributed by atoms with Crippen LogP contribution in [0.1, 0.15) is 39.0 Å². The second-order valence-corrected chi connectivity index (χ2v) is 8.48. The molecule has 6 heteroatoms. The molecule has 0 aliphatic carbocycles. The minimum atomic E-state index is -3.39. The molecule has 22 heavy (non-hydrogen) atoms. The molecule has 1 atom stereocenters. The van der Waals surface area contributed by atoms with Crippen molar-refractivity contribution in [3.63, 3.8) is 0 Å². The van der Waals surface area contributed by atoms with E-state index in [0.29, 0.717) is 17.5 Å². The third kappa shape index (κ3) is 5.05. The zero-order valence-corrected chi connectivity index (χ0v) is 15.5. The van der Waals surface area contributed by atoms with Crippen molar-refractivity contribution >= 4 is 26.0 Å². The minimum Gasteiger partial charge on any atom is -0.300 e. The topological polar surface area (TPSA) is 49.4 Å². The minimum absolute atomic E-state index is 0.320. The van der Waals surface area contributed by atoms with Gasteiger partial charge in [-0.1, -0.05) is 29.3 Å². The van der Waals surface area contributed by atoms with E-state index in [9.17, 15) is 8.42 Å². The van der Waals surface area contributed by atoms with Crippen molar-refractivity contribution in [2.75, 3.05) is 19.6 Å². The molecule has 1 aromatic carbocycles. The second-order valence-electron chi connectivity index (χ2n) is 5.80. The Bertz CT molecular complexity index is 560. The third-order valence-corrected chi connectivity index (χ3v) is 6.26. The predicted molar refractivity (Wildman–Crippen MR) is 93.5 cm³/mol. The maximum atomic E-state index is 12.2. The van der Waals surface area contributed by atoms with E-state index in [1.807, 2.05) is 0 Å². The highest BCUT2D eigenvalue weighted by molar-refractivity contribution is 9.10. The molecule has 4 nitrogen and oxygen atoms in total. The van der Waals surface area contributed by atoms with Gasteiger partial charge < -0.3 is 4.90 Å². The molecule has 1 aliphatic heterocycles. The molecule has 1 saturated heterocycles. The van der Waals surface area contributed by atoms with Crippen molar-refractivity contribution < 1.29 is 8.42 Å². The van der Waals surface area contributed by atoms with Crippen LogP contribution >= 0.6 is 15.9 Å². The summed E-state index contributed by atoms with van der Waals surface area (Å²) in [6.45, 7) is 4.85. The third-order valence-electron chi connectivity index (χ3n) is 4.26. The van der Waals surface area contributed by atoms with Crippen LogP contribution < -0.4 is 4.72 Å². The molecule has 0 radical (unpaired) electrons. The molecule has 0 spiro atoms. The number of hydrogen-bond acceptors (Lipinski definition) is 3. The molecule has 1 aromatic rings. The molecule has 1 N–H and O–H groups in total. The molecule has 1 unspecified atom stereocenters. The summed E-state index contributed by atoms with van der Waals surface area (Å²) in [6.07, 6.45) is 5.91. The number of sulfonamides is 1. The highest BCUT2D eigenvalue weighted by atomic mass is 79.9. The summed E-state index contributed by atoms with van der Waals surface area (Å²) in [5.41, 5.74) is 0. The summed E-state index contributed by atoms with van der Waals surface area (Å²) in [5, 5.41) is 0. The summed E-state index contributed by atoms with van der Waals surface area (Å²) in [7, 11) is -3.39. The lowest BCUT2D eigenvalue weighted by molar-refractivity contribution is 0.143. The molecule has 1 aliphatic rings. The van der Waals surface area contributed by atoms with Gasteiger partial charge in [0.25, 0.3) is 0 Å². The number of hydrogen-bond donors (Lipinski definition) is 1. The van der Waals surface area contributed by atoms with E-state index in [0.717, 1.165) is 24.0 Å². The first-order valence-electron chi connectivity index (χ1n) is 8.02. The predicted octanol–water partition coefficient (Wildman–Crippen LogP) is 3.38. The van der Waals surface area contributed by atoms with Crippen LogP contribution in [0.2, 0.25) is 0 Å². The molecule has 0 saturated carbocycles. The molecule has 0 aromatic heterocycles. The van der Waals surface area contributed by atoms with Crippen molar-refractivity contribution in [2.45, 2.75) is 50.0 Å². The number of nitrogens with one attached hydrogen (secondary N) is 1. The molecule has 2 rings (SSSR count). The lowest BCUT2D eigenvalue weighted by Crippen LogP contribution is -2.40. The van der Waals surface area contributed by atoms with E-state index in [1.54, 1.807) is 24.3 Å². The van der Waals surface area contributed by atoms with Crippen molar-refractivity contribution in [1.82, 2.24) is 9.62 Å². The van der Waals surface area contributed by atoms with Crippen molar-refractivity contribution in [3.8, 4) is 0 Å². The van der Waals surface area contributed by atoms with Gasteiger partial charge in [-0.15, -0.1) is 0 Å². The standard InChI is InChI=1S/C16H25BrN2O2S/c1-2-15-6-3-4-12-19(15)13-5-11-18-22(20,21)16-9-7-14(17)8-10-16/h7-10,15,18H,2-6,11-13H2,1H3. The number of piperidine rings is 1. The van der Waals surface area contributed by atoms with Crippen LogP contribution in [-0.2, 0) is 10.0 Å². The molecule has 124 valence electrons. The summed E-state index contributed by atoms with van der Waals surface area (Å²) >= 11 is 3.31. The van der Waals surface area contributed by atoms with Gasteiger partial charge in [0.15, 0.2) is 0 Å². The SMILES string of the molecule is CCC1CCCCN1CCCNS(=O)(=O)c1ccc(Br)cc1. The molecular weight excluding hydrogens is 364 g/mol. The quantitative estimate of drug-likeness (QED) is 0.728. The first kappa shape index (κ1) is 17.9. The first-order chi connectivity index (χ1) is 10.5. The van der Waals surface area contributed by atoms with Gasteiger partial charge in [0.2, 0.25) is 10.0 Å². The number of nitrogens with zero attached hydrogens (tertiary/aromatic N) is 1. The Hall–Kier alpha value is -0.430. The average molecular weight is 389 g/mol. The van der Waals surface area contributed by atoms with E-state index in [4.69, 9.17) is 0 Å². The fraction of sp³-hybridized carbons (Fsp3) is 0.625. The molecule has 0 amide bonds. The van der Waals surface area contributed by atoms with Gasteiger partial charge in [-0.3, -0.25) is 0 Å². The van der Waals surface area contributed by atoms with Gasteiger partial charge >= 0.3 is 0 Å². The Labute approximate surface area is 142 Å². The zero-order valence-electron chi connectivity index (χ0n) is 13.1. The van der Waals surface area contributed by atoms with Crippen molar-refractivity contribution in [1.29, 1.82) is 0 Å². The second kappa shape index (κ2) is 8.43. The van der Waals surface area contributed by atoms with Crippen LogP contribution in [0.25, 0.3) is 0 Å². The van der Waals surface area contributed by atoms with Crippen LogP contribution in [0, 0.1) is 0 Å². The van der Waals surface area contributed by atoms with E-state index in [2.05, 4.69) is 32.5 Å². The number of rotatable bonds is 7. The Kier molecular flexibility index (Phi) is 6.87. The fourth-order valence-corrected chi connectivity index (χ4v) is 4.34. The van der Waals surface area contributed by atoms with Gasteiger partial charge in [-0.05, 0) is 63.0 Å². The molecular formula is C16H25BrN2O2S. The van der Waals surface area contributed by atoms with E-state index in [-0.39, 0.29) is 0 Å². The van der Waals surface area contributed by atoms with Gasteiger partial charge in [-0.2, -0.15) is 0 Å². The monoisotopic (exact) mass is 388 g/mol. The summed E-state index contributed by atoms with van der Waals surface area (Å²) in [4.78, 5) is 2.83. The number of benzene rings is 1. The van der Waals surface area contributed by atoms with Crippen LogP contribution in [0.3, 0.4) is 0 Å². The lowest BCUT2D eigenvalue weighted by atomic mass is 10.00. The van der Waals surface area contributed by atoms with Crippen LogP contribution in [0.15, 0.2) is 33.6 Å². The normalized spacial score (nSPS) is 20.2. The van der Waals surface area contributed by atoms with Crippen LogP contribution in [0.5, 0.6) is 0 Å². The summed E-state index contributed by atoms with van der Waals surface area (Å²) in [5.74, 6) is 0. The lowest BCUT2D eigenvalue weighted by Gasteiger charge is -2.35. The van der Waals surface area contributed by atoms with Gasteiger partial charge in [0.1, 0.15) is 0 Å². The Morgan fingerprint density at radius 2 is 2.00 bits per heavy atom. The zero-order chi connectivity index (χ0) is 16.0. The maximum Gasteiger partial charge on any atom is 0.240 e. The Morgan fingerprint density at radius 3 is 2.68 bits per heavy atom. The number of likely N-dealkylation sites (tertiary alicyclic amines) is 1. The van der Waals surface area contributed by atoms with Gasteiger partial charge in [0.05, 0.1) is 4.90 Å². The average Bonchev–Trinajstić information content (AvgIpc) is 2.52. The smallest absolute Gasteiger partial charge is 0.240 e. The summed E-state index contributed by atoms with van der Waals surface area (Å²) < 4.78 is 27.9. The van der Waals surface area contributed by atoms with Crippen molar-refractivity contribution in [2.24, 2.45) is 0 Å². The van der Waals surface area contributed by atoms with Gasteiger partial charge in [0, 0.05) is 17.1 Å². The fourth-order valence-electron chi connectivity index (χ4n) is 3.00. The molecule has 1 fully saturated rings. The molecule has 1 heterocycles. The largest absolute Gasteiger partial charge is 0.300 e. The Balaban J connectivity index is 1.79. The Morgan fingerprint density at radius 1 is 1.27 bits per heavy atom. The highest BCUT2D eigenvalue weighted by Crippen LogP contribution is 2.19. The van der Waals surface area contributed by atoms with E-state index >= 15 is 0 Å². The summed E-state index contributed by atoms with van der Waals surface area (Å²) in [6, 6.07) is 7.40. The van der Waals surface area contributed by atoms with Crippen LogP contribution in [-0.4, -0.2) is 39.0 Å². The van der Waals surface area contributed by atoms with Crippen molar-refractivity contribution in [3.05, 3.63) is 28.7 Å². The maximum absolute atomic E-state index is 12.2.